The molecule has 4 aromatic rings. The van der Waals surface area contributed by atoms with Crippen molar-refractivity contribution in [3.63, 3.8) is 0 Å². The molecule has 0 unspecified atom stereocenters. The summed E-state index contributed by atoms with van der Waals surface area (Å²) in [5.41, 5.74) is 8.20. The van der Waals surface area contributed by atoms with Crippen LogP contribution in [0.15, 0.2) is 48.5 Å². The van der Waals surface area contributed by atoms with Crippen LogP contribution in [-0.2, 0) is 23.3 Å². The number of halogens is 2. The van der Waals surface area contributed by atoms with Gasteiger partial charge >= 0.3 is 30.2 Å². The first-order chi connectivity index (χ1) is 12.3. The van der Waals surface area contributed by atoms with Crippen molar-refractivity contribution in [1.82, 2.24) is 0 Å². The van der Waals surface area contributed by atoms with E-state index in [9.17, 15) is 0 Å². The molecular weight excluding hydrogens is 503 g/mol. The van der Waals surface area contributed by atoms with Gasteiger partial charge in [0.2, 0.25) is 0 Å². The van der Waals surface area contributed by atoms with Gasteiger partial charge in [0.05, 0.1) is 0 Å². The molecule has 0 atom stereocenters. The van der Waals surface area contributed by atoms with Gasteiger partial charge in [0.15, 0.2) is 0 Å². The second kappa shape index (κ2) is 15.2. The molecular formula is C26H34Cl2SiZr-4. The van der Waals surface area contributed by atoms with Crippen LogP contribution < -0.4 is 0 Å². The van der Waals surface area contributed by atoms with E-state index in [1.54, 1.807) is 0 Å². The molecule has 0 nitrogen and oxygen atoms in total. The Morgan fingerprint density at radius 3 is 1.17 bits per heavy atom. The van der Waals surface area contributed by atoms with Crippen molar-refractivity contribution in [2.75, 3.05) is 0 Å². The molecule has 2 radical (unpaired) electrons. The van der Waals surface area contributed by atoms with Crippen molar-refractivity contribution in [1.29, 1.82) is 0 Å². The van der Waals surface area contributed by atoms with Crippen molar-refractivity contribution in [3.05, 3.63) is 96.8 Å². The van der Waals surface area contributed by atoms with E-state index < -0.39 is 0 Å². The van der Waals surface area contributed by atoms with E-state index >= 15 is 0 Å². The molecule has 30 heavy (non-hydrogen) atoms. The van der Waals surface area contributed by atoms with Gasteiger partial charge in [0.25, 0.3) is 0 Å². The van der Waals surface area contributed by atoms with Crippen LogP contribution in [0.25, 0.3) is 21.5 Å². The van der Waals surface area contributed by atoms with Gasteiger partial charge in [-0.15, -0.1) is 81.8 Å². The van der Waals surface area contributed by atoms with E-state index in [2.05, 4.69) is 97.0 Å². The number of benzene rings is 2. The minimum atomic E-state index is 0. The SMILES string of the molecule is Cc1cc(C)c2cc(C)[cH-]c2c1.Cc1cc(C)c2cc(C)[cH-]c2c1.Cl.Cl.[CH3-].[CH3-].[Si]=[Zr]. The molecule has 164 valence electrons. The Hall–Kier alpha value is -0.660. The molecule has 0 saturated heterocycles. The fraction of sp³-hybridized carbons (Fsp3) is 0.231. The van der Waals surface area contributed by atoms with E-state index in [0.29, 0.717) is 0 Å². The van der Waals surface area contributed by atoms with Gasteiger partial charge in [-0.25, -0.2) is 0 Å². The third-order valence-electron chi connectivity index (χ3n) is 4.64. The van der Waals surface area contributed by atoms with E-state index in [1.165, 1.54) is 78.3 Å². The topological polar surface area (TPSA) is 0 Å². The average molecular weight is 537 g/mol. The molecule has 0 spiro atoms. The summed E-state index contributed by atoms with van der Waals surface area (Å²) in [6.07, 6.45) is 0. The maximum atomic E-state index is 3.06. The molecule has 0 N–H and O–H groups in total. The number of fused-ring (bicyclic) bond motifs is 2. The molecule has 0 aliphatic heterocycles. The summed E-state index contributed by atoms with van der Waals surface area (Å²) in [7, 11) is 0. The van der Waals surface area contributed by atoms with Crippen LogP contribution in [0.5, 0.6) is 0 Å². The molecule has 0 heterocycles. The normalized spacial score (nSPS) is 8.83. The molecule has 0 amide bonds. The fourth-order valence-electron chi connectivity index (χ4n) is 3.69. The summed E-state index contributed by atoms with van der Waals surface area (Å²) < 4.78 is 0. The Morgan fingerprint density at radius 2 is 0.867 bits per heavy atom. The quantitative estimate of drug-likeness (QED) is 0.157. The van der Waals surface area contributed by atoms with Gasteiger partial charge in [0.1, 0.15) is 0 Å². The van der Waals surface area contributed by atoms with Crippen LogP contribution in [-0.4, -0.2) is 6.88 Å². The van der Waals surface area contributed by atoms with E-state index in [4.69, 9.17) is 0 Å². The first kappa shape index (κ1) is 34.0. The second-order valence-electron chi connectivity index (χ2n) is 7.23. The molecule has 4 aromatic carbocycles. The van der Waals surface area contributed by atoms with Crippen LogP contribution in [0.3, 0.4) is 0 Å². The molecule has 0 fully saturated rings. The summed E-state index contributed by atoms with van der Waals surface area (Å²) in [6, 6.07) is 18.0. The van der Waals surface area contributed by atoms with Crippen LogP contribution in [0.2, 0.25) is 0 Å². The first-order valence-electron chi connectivity index (χ1n) is 8.87. The summed E-state index contributed by atoms with van der Waals surface area (Å²) in [5.74, 6) is 0. The average Bonchev–Trinajstić information content (AvgIpc) is 3.12. The summed E-state index contributed by atoms with van der Waals surface area (Å²) in [6.45, 7) is 16.0. The Morgan fingerprint density at radius 1 is 0.567 bits per heavy atom. The van der Waals surface area contributed by atoms with E-state index in [-0.39, 0.29) is 39.7 Å². The standard InChI is InChI=1S/2C12H13.2CH3.2ClH.Si.Zr/c2*1-8-4-10(3)12-7-9(2)6-11(12)5-8;;;;;;/h2*4-7H,1-3H3;2*1H3;2*1H;;/q4*-1;;;;. The van der Waals surface area contributed by atoms with Gasteiger partial charge in [-0.3, -0.25) is 0 Å². The number of aryl methyl sites for hydroxylation is 6. The van der Waals surface area contributed by atoms with Crippen molar-refractivity contribution in [2.45, 2.75) is 41.5 Å². The van der Waals surface area contributed by atoms with Crippen LogP contribution >= 0.6 is 24.8 Å². The summed E-state index contributed by atoms with van der Waals surface area (Å²) in [5, 5.41) is 5.56. The maximum absolute atomic E-state index is 3.06. The van der Waals surface area contributed by atoms with Gasteiger partial charge in [-0.05, 0) is 27.7 Å². The Balaban J connectivity index is -0.000000400. The van der Waals surface area contributed by atoms with Crippen molar-refractivity contribution < 1.29 is 23.3 Å². The Labute approximate surface area is 213 Å². The third-order valence-corrected chi connectivity index (χ3v) is 4.64. The van der Waals surface area contributed by atoms with Crippen LogP contribution in [0.4, 0.5) is 0 Å². The molecule has 0 saturated carbocycles. The third kappa shape index (κ3) is 8.46. The van der Waals surface area contributed by atoms with Crippen LogP contribution in [0.1, 0.15) is 33.4 Å². The van der Waals surface area contributed by atoms with Gasteiger partial charge < -0.3 is 14.9 Å². The van der Waals surface area contributed by atoms with Crippen molar-refractivity contribution >= 4 is 53.2 Å². The molecule has 0 aliphatic rings. The number of hydrogen-bond donors (Lipinski definition) is 0. The number of rotatable bonds is 0. The predicted octanol–water partition coefficient (Wildman–Crippen LogP) is 8.33. The molecule has 0 aliphatic carbocycles. The Kier molecular flexibility index (Phi) is 17.2. The van der Waals surface area contributed by atoms with Gasteiger partial charge in [-0.1, -0.05) is 48.2 Å². The van der Waals surface area contributed by atoms with Crippen molar-refractivity contribution in [3.8, 4) is 0 Å². The summed E-state index contributed by atoms with van der Waals surface area (Å²) in [4.78, 5) is 0. The monoisotopic (exact) mass is 534 g/mol. The van der Waals surface area contributed by atoms with Gasteiger partial charge in [-0.2, -0.15) is 12.1 Å². The zero-order valence-corrected chi connectivity index (χ0v) is 24.5. The molecule has 4 rings (SSSR count). The fourth-order valence-corrected chi connectivity index (χ4v) is 3.69. The minimum absolute atomic E-state index is 0. The van der Waals surface area contributed by atoms with E-state index in [0.717, 1.165) is 0 Å². The molecule has 0 aromatic heterocycles. The zero-order valence-electron chi connectivity index (χ0n) is 19.4. The van der Waals surface area contributed by atoms with Crippen LogP contribution in [0, 0.1) is 56.4 Å². The predicted molar refractivity (Wildman–Crippen MR) is 141 cm³/mol. The summed E-state index contributed by atoms with van der Waals surface area (Å²) >= 11 is 1.36. The van der Waals surface area contributed by atoms with Crippen molar-refractivity contribution in [2.24, 2.45) is 0 Å². The molecule has 4 heteroatoms. The molecule has 0 bridgehead atoms. The first-order valence-corrected chi connectivity index (χ1v) is 13.1. The van der Waals surface area contributed by atoms with E-state index in [1.807, 2.05) is 0 Å². The van der Waals surface area contributed by atoms with Gasteiger partial charge in [0, 0.05) is 0 Å². The number of hydrogen-bond acceptors (Lipinski definition) is 0. The second-order valence-corrected chi connectivity index (χ2v) is 7.23. The Bertz CT molecular complexity index is 960. The zero-order chi connectivity index (χ0) is 19.4.